The lowest BCUT2D eigenvalue weighted by Crippen LogP contribution is -2.51. The van der Waals surface area contributed by atoms with E-state index in [1.54, 1.807) is 17.0 Å². The van der Waals surface area contributed by atoms with Crippen molar-refractivity contribution in [1.82, 2.24) is 20.5 Å². The number of para-hydroxylation sites is 1. The summed E-state index contributed by atoms with van der Waals surface area (Å²) in [6.45, 7) is 4.34. The quantitative estimate of drug-likeness (QED) is 0.465. The van der Waals surface area contributed by atoms with Crippen LogP contribution in [0.15, 0.2) is 24.3 Å². The van der Waals surface area contributed by atoms with E-state index in [1.807, 2.05) is 26.0 Å². The van der Waals surface area contributed by atoms with Crippen LogP contribution in [0.4, 0.5) is 0 Å². The second-order valence-corrected chi connectivity index (χ2v) is 12.6. The van der Waals surface area contributed by atoms with Gasteiger partial charge in [0.15, 0.2) is 0 Å². The zero-order valence-corrected chi connectivity index (χ0v) is 23.5. The number of fused-ring (bicyclic) bond motifs is 1. The van der Waals surface area contributed by atoms with Crippen molar-refractivity contribution in [2.24, 2.45) is 11.3 Å². The monoisotopic (exact) mass is 556 g/mol. The van der Waals surface area contributed by atoms with Gasteiger partial charge in [-0.05, 0) is 63.5 Å². The van der Waals surface area contributed by atoms with Crippen molar-refractivity contribution in [2.45, 2.75) is 82.8 Å². The van der Waals surface area contributed by atoms with Crippen LogP contribution in [-0.4, -0.2) is 64.9 Å². The number of ether oxygens (including phenoxy) is 1. The van der Waals surface area contributed by atoms with Gasteiger partial charge >= 0.3 is 5.97 Å². The van der Waals surface area contributed by atoms with Gasteiger partial charge in [-0.1, -0.05) is 43.0 Å². The predicted molar refractivity (Wildman–Crippen MR) is 147 cm³/mol. The SMILES string of the molecule is COC(=O)[C@H](C[C@@H]1CC(C)(C)NC1=O)NC(=O)C1CC2(CCCCC2)CN1C(=O)c1cc2cccc(Cl)c2[nH]1. The second kappa shape index (κ2) is 10.5. The highest BCUT2D eigenvalue weighted by atomic mass is 35.5. The van der Waals surface area contributed by atoms with Crippen LogP contribution in [0.1, 0.15) is 75.7 Å². The number of aromatic nitrogens is 1. The maximum absolute atomic E-state index is 13.9. The van der Waals surface area contributed by atoms with E-state index in [2.05, 4.69) is 15.6 Å². The van der Waals surface area contributed by atoms with Crippen molar-refractivity contribution < 1.29 is 23.9 Å². The van der Waals surface area contributed by atoms with Gasteiger partial charge < -0.3 is 25.3 Å². The number of carbonyl (C=O) groups excluding carboxylic acids is 4. The zero-order chi connectivity index (χ0) is 27.9. The molecule has 1 aromatic carbocycles. The Hall–Kier alpha value is -3.07. The Morgan fingerprint density at radius 1 is 1.18 bits per heavy atom. The zero-order valence-electron chi connectivity index (χ0n) is 22.8. The van der Waals surface area contributed by atoms with E-state index in [0.29, 0.717) is 35.6 Å². The lowest BCUT2D eigenvalue weighted by atomic mass is 9.72. The summed E-state index contributed by atoms with van der Waals surface area (Å²) in [5.41, 5.74) is 0.545. The highest BCUT2D eigenvalue weighted by molar-refractivity contribution is 6.35. The Labute approximate surface area is 233 Å². The molecule has 9 nitrogen and oxygen atoms in total. The van der Waals surface area contributed by atoms with Crippen molar-refractivity contribution >= 4 is 46.2 Å². The minimum absolute atomic E-state index is 0.129. The van der Waals surface area contributed by atoms with Gasteiger partial charge in [-0.2, -0.15) is 0 Å². The fraction of sp³-hybridized carbons (Fsp3) is 0.586. The van der Waals surface area contributed by atoms with Crippen molar-refractivity contribution in [3.8, 4) is 0 Å². The molecule has 5 rings (SSSR count). The van der Waals surface area contributed by atoms with Gasteiger partial charge in [0.05, 0.1) is 17.6 Å². The number of halogens is 1. The summed E-state index contributed by atoms with van der Waals surface area (Å²) in [6.07, 6.45) is 6.42. The minimum atomic E-state index is -0.987. The molecule has 210 valence electrons. The first-order chi connectivity index (χ1) is 18.5. The molecule has 3 heterocycles. The summed E-state index contributed by atoms with van der Waals surface area (Å²) < 4.78 is 4.99. The third-order valence-corrected chi connectivity index (χ3v) is 9.05. The van der Waals surface area contributed by atoms with Crippen molar-refractivity contribution in [1.29, 1.82) is 0 Å². The summed E-state index contributed by atoms with van der Waals surface area (Å²) >= 11 is 6.34. The molecule has 1 unspecified atom stereocenters. The Morgan fingerprint density at radius 3 is 2.56 bits per heavy atom. The van der Waals surface area contributed by atoms with E-state index in [1.165, 1.54) is 7.11 Å². The van der Waals surface area contributed by atoms with Gasteiger partial charge in [0, 0.05) is 23.4 Å². The standard InChI is InChI=1S/C29H37ClN4O5/c1-28(2)14-18(24(35)33-28)13-21(27(38)39-3)32-25(36)22-15-29(10-5-4-6-11-29)16-34(22)26(37)20-12-17-8-7-9-19(30)23(17)31-20/h7-9,12,18,21-22,31H,4-6,10-11,13-16H2,1-3H3,(H,32,36)(H,33,35)/t18-,21+,22?/m1/s1. The van der Waals surface area contributed by atoms with E-state index >= 15 is 0 Å². The molecular weight excluding hydrogens is 520 g/mol. The number of H-pyrrole nitrogens is 1. The molecule has 3 amide bonds. The Kier molecular flexibility index (Phi) is 7.39. The number of benzene rings is 1. The van der Waals surface area contributed by atoms with Crippen molar-refractivity contribution in [3.05, 3.63) is 35.0 Å². The van der Waals surface area contributed by atoms with Crippen LogP contribution in [-0.2, 0) is 19.1 Å². The number of amides is 3. The topological polar surface area (TPSA) is 121 Å². The van der Waals surface area contributed by atoms with E-state index < -0.39 is 29.9 Å². The molecule has 3 N–H and O–H groups in total. The number of rotatable bonds is 6. The third kappa shape index (κ3) is 5.51. The number of nitrogens with one attached hydrogen (secondary N) is 3. The number of nitrogens with zero attached hydrogens (tertiary/aromatic N) is 1. The molecule has 10 heteroatoms. The Balaban J connectivity index is 1.40. The van der Waals surface area contributed by atoms with Gasteiger partial charge in [0.2, 0.25) is 11.8 Å². The van der Waals surface area contributed by atoms with Crippen LogP contribution >= 0.6 is 11.6 Å². The third-order valence-electron chi connectivity index (χ3n) is 8.73. The molecule has 2 aliphatic heterocycles. The van der Waals surface area contributed by atoms with Crippen molar-refractivity contribution in [3.63, 3.8) is 0 Å². The van der Waals surface area contributed by atoms with Crippen molar-refractivity contribution in [2.75, 3.05) is 13.7 Å². The van der Waals surface area contributed by atoms with E-state index in [-0.39, 0.29) is 29.2 Å². The molecule has 3 aliphatic rings. The summed E-state index contributed by atoms with van der Waals surface area (Å²) in [5, 5.41) is 7.14. The molecule has 3 atom stereocenters. The molecule has 39 heavy (non-hydrogen) atoms. The van der Waals surface area contributed by atoms with Crippen LogP contribution < -0.4 is 10.6 Å². The lowest BCUT2D eigenvalue weighted by molar-refractivity contribution is -0.146. The van der Waals surface area contributed by atoms with Crippen LogP contribution in [0.25, 0.3) is 10.9 Å². The Morgan fingerprint density at radius 2 is 1.92 bits per heavy atom. The normalized spacial score (nSPS) is 24.5. The van der Waals surface area contributed by atoms with Gasteiger partial charge in [-0.15, -0.1) is 0 Å². The molecule has 1 aromatic heterocycles. The molecule has 2 aromatic rings. The average Bonchev–Trinajstić information content (AvgIpc) is 3.57. The fourth-order valence-electron chi connectivity index (χ4n) is 6.85. The van der Waals surface area contributed by atoms with Crippen LogP contribution in [0.2, 0.25) is 5.02 Å². The molecular formula is C29H37ClN4O5. The number of esters is 1. The van der Waals surface area contributed by atoms with Crippen LogP contribution in [0.5, 0.6) is 0 Å². The molecule has 0 bridgehead atoms. The molecule has 2 saturated heterocycles. The van der Waals surface area contributed by atoms with E-state index in [4.69, 9.17) is 16.3 Å². The average molecular weight is 557 g/mol. The summed E-state index contributed by atoms with van der Waals surface area (Å²) in [7, 11) is 1.27. The number of likely N-dealkylation sites (tertiary alicyclic amines) is 1. The molecule has 1 spiro atoms. The van der Waals surface area contributed by atoms with Gasteiger partial charge in [0.1, 0.15) is 17.8 Å². The molecule has 3 fully saturated rings. The predicted octanol–water partition coefficient (Wildman–Crippen LogP) is 3.95. The maximum Gasteiger partial charge on any atom is 0.328 e. The largest absolute Gasteiger partial charge is 0.467 e. The minimum Gasteiger partial charge on any atom is -0.467 e. The molecule has 1 aliphatic carbocycles. The summed E-state index contributed by atoms with van der Waals surface area (Å²) in [6, 6.07) is 5.51. The number of aromatic amines is 1. The van der Waals surface area contributed by atoms with Crippen LogP contribution in [0.3, 0.4) is 0 Å². The number of carbonyl (C=O) groups is 4. The van der Waals surface area contributed by atoms with Gasteiger partial charge in [0.25, 0.3) is 5.91 Å². The maximum atomic E-state index is 13.9. The van der Waals surface area contributed by atoms with E-state index in [9.17, 15) is 19.2 Å². The Bertz CT molecular complexity index is 1300. The van der Waals surface area contributed by atoms with Gasteiger partial charge in [-0.25, -0.2) is 4.79 Å². The van der Waals surface area contributed by atoms with Gasteiger partial charge in [-0.3, -0.25) is 14.4 Å². The first-order valence-corrected chi connectivity index (χ1v) is 14.2. The fourth-order valence-corrected chi connectivity index (χ4v) is 7.08. The highest BCUT2D eigenvalue weighted by Crippen LogP contribution is 2.47. The number of hydrogen-bond donors (Lipinski definition) is 3. The highest BCUT2D eigenvalue weighted by Gasteiger charge is 2.50. The lowest BCUT2D eigenvalue weighted by Gasteiger charge is -2.32. The number of hydrogen-bond acceptors (Lipinski definition) is 5. The molecule has 1 saturated carbocycles. The second-order valence-electron chi connectivity index (χ2n) is 12.2. The molecule has 0 radical (unpaired) electrons. The van der Waals surface area contributed by atoms with Crippen LogP contribution in [0, 0.1) is 11.3 Å². The first-order valence-electron chi connectivity index (χ1n) is 13.8. The number of methoxy groups -OCH3 is 1. The summed E-state index contributed by atoms with van der Waals surface area (Å²) in [5.74, 6) is -1.83. The summed E-state index contributed by atoms with van der Waals surface area (Å²) in [4.78, 5) is 57.7. The van der Waals surface area contributed by atoms with E-state index in [0.717, 1.165) is 37.5 Å². The smallest absolute Gasteiger partial charge is 0.328 e. The first kappa shape index (κ1) is 27.5.